The lowest BCUT2D eigenvalue weighted by Gasteiger charge is -2.39. The van der Waals surface area contributed by atoms with Crippen LogP contribution >= 0.6 is 0 Å². The fraction of sp³-hybridized carbons (Fsp3) is 0.414. The largest absolute Gasteiger partial charge is 0.467 e. The molecule has 0 atom stereocenters. The number of allylic oxidation sites excluding steroid dienone is 1. The molecular weight excluding hydrogens is 436 g/mol. The molecule has 2 aliphatic rings. The fourth-order valence-electron chi connectivity index (χ4n) is 5.31. The highest BCUT2D eigenvalue weighted by Gasteiger charge is 2.50. The summed E-state index contributed by atoms with van der Waals surface area (Å²) in [5.41, 5.74) is 3.82. The zero-order valence-electron chi connectivity index (χ0n) is 20.7. The molecular formula is C29H34N4O2. The molecule has 6 nitrogen and oxygen atoms in total. The molecule has 6 heteroatoms. The number of furan rings is 1. The van der Waals surface area contributed by atoms with Gasteiger partial charge in [-0.3, -0.25) is 9.78 Å². The zero-order valence-corrected chi connectivity index (χ0v) is 20.7. The summed E-state index contributed by atoms with van der Waals surface area (Å²) in [7, 11) is 0. The van der Waals surface area contributed by atoms with Crippen LogP contribution in [-0.4, -0.2) is 45.8 Å². The van der Waals surface area contributed by atoms with Crippen LogP contribution in [0.1, 0.15) is 64.8 Å². The minimum atomic E-state index is -0.152. The summed E-state index contributed by atoms with van der Waals surface area (Å²) in [4.78, 5) is 26.9. The number of aromatic nitrogens is 2. The van der Waals surface area contributed by atoms with Crippen LogP contribution in [0, 0.1) is 13.8 Å². The maximum absolute atomic E-state index is 12.3. The average molecular weight is 471 g/mol. The van der Waals surface area contributed by atoms with Gasteiger partial charge in [-0.2, -0.15) is 0 Å². The standard InChI is InChI=1S/C29H34N4O2/c1-4-27(34)26-11-10-21(2)28(31-26)33(19-24-8-6-18-35-24)29(14-15-29)20-32-16-12-23(13-17-32)25-9-5-7-22(3)30-25/h4-11,18,23H,1,12-17,19-20H2,2-3H3. The lowest BCUT2D eigenvalue weighted by Crippen LogP contribution is -2.48. The number of hydrogen-bond acceptors (Lipinski definition) is 6. The SMILES string of the molecule is C=CC(=O)c1ccc(C)c(N(Cc2ccco2)C2(CN3CCC(c4cccc(C)n4)CC3)CC2)n1. The number of carbonyl (C=O) groups is 1. The molecule has 0 unspecified atom stereocenters. The lowest BCUT2D eigenvalue weighted by molar-refractivity contribution is 0.104. The Kier molecular flexibility index (Phi) is 6.56. The molecule has 0 N–H and O–H groups in total. The Balaban J connectivity index is 1.36. The molecule has 4 heterocycles. The van der Waals surface area contributed by atoms with E-state index in [1.54, 1.807) is 12.3 Å². The number of piperidine rings is 1. The van der Waals surface area contributed by atoms with Crippen molar-refractivity contribution in [2.75, 3.05) is 24.5 Å². The van der Waals surface area contributed by atoms with Crippen molar-refractivity contribution >= 4 is 11.6 Å². The van der Waals surface area contributed by atoms with Crippen LogP contribution in [0.4, 0.5) is 5.82 Å². The van der Waals surface area contributed by atoms with E-state index in [-0.39, 0.29) is 11.3 Å². The van der Waals surface area contributed by atoms with Gasteiger partial charge in [0.15, 0.2) is 0 Å². The summed E-state index contributed by atoms with van der Waals surface area (Å²) in [6.07, 6.45) is 7.52. The third-order valence-corrected chi connectivity index (χ3v) is 7.49. The average Bonchev–Trinajstić information content (AvgIpc) is 3.45. The second-order valence-electron chi connectivity index (χ2n) is 10.0. The van der Waals surface area contributed by atoms with Crippen molar-refractivity contribution in [2.24, 2.45) is 0 Å². The van der Waals surface area contributed by atoms with Gasteiger partial charge in [0.05, 0.1) is 18.3 Å². The maximum Gasteiger partial charge on any atom is 0.203 e. The lowest BCUT2D eigenvalue weighted by atomic mass is 9.92. The molecule has 1 saturated heterocycles. The monoisotopic (exact) mass is 470 g/mol. The number of ketones is 1. The van der Waals surface area contributed by atoms with Crippen molar-refractivity contribution in [3.8, 4) is 0 Å². The maximum atomic E-state index is 12.3. The highest BCUT2D eigenvalue weighted by Crippen LogP contribution is 2.46. The zero-order chi connectivity index (χ0) is 24.4. The van der Waals surface area contributed by atoms with E-state index < -0.39 is 0 Å². The number of hydrogen-bond donors (Lipinski definition) is 0. The minimum Gasteiger partial charge on any atom is -0.467 e. The molecule has 0 spiro atoms. The van der Waals surface area contributed by atoms with Crippen LogP contribution in [0.2, 0.25) is 0 Å². The van der Waals surface area contributed by atoms with Gasteiger partial charge in [-0.1, -0.05) is 18.7 Å². The highest BCUT2D eigenvalue weighted by molar-refractivity contribution is 6.02. The summed E-state index contributed by atoms with van der Waals surface area (Å²) in [5, 5.41) is 0. The topological polar surface area (TPSA) is 62.5 Å². The molecule has 0 bridgehead atoms. The number of rotatable bonds is 9. The highest BCUT2D eigenvalue weighted by atomic mass is 16.3. The first-order chi connectivity index (χ1) is 17.0. The molecule has 0 amide bonds. The quantitative estimate of drug-likeness (QED) is 0.305. The molecule has 35 heavy (non-hydrogen) atoms. The summed E-state index contributed by atoms with van der Waals surface area (Å²) in [6.45, 7) is 11.5. The van der Waals surface area contributed by atoms with Crippen LogP contribution < -0.4 is 4.90 Å². The van der Waals surface area contributed by atoms with E-state index in [1.807, 2.05) is 18.2 Å². The van der Waals surface area contributed by atoms with Crippen molar-refractivity contribution in [3.05, 3.63) is 89.8 Å². The number of anilines is 1. The molecule has 1 aliphatic carbocycles. The molecule has 0 radical (unpaired) electrons. The summed E-state index contributed by atoms with van der Waals surface area (Å²) in [6, 6.07) is 14.1. The van der Waals surface area contributed by atoms with Gasteiger partial charge in [-0.15, -0.1) is 0 Å². The van der Waals surface area contributed by atoms with E-state index in [1.165, 1.54) is 11.8 Å². The Labute approximate surface area is 207 Å². The Morgan fingerprint density at radius 1 is 1.14 bits per heavy atom. The van der Waals surface area contributed by atoms with Crippen LogP contribution in [0.15, 0.2) is 65.8 Å². The van der Waals surface area contributed by atoms with E-state index in [4.69, 9.17) is 14.4 Å². The van der Waals surface area contributed by atoms with Gasteiger partial charge < -0.3 is 14.2 Å². The summed E-state index contributed by atoms with van der Waals surface area (Å²) in [5.74, 6) is 2.15. The molecule has 3 aromatic rings. The van der Waals surface area contributed by atoms with Crippen molar-refractivity contribution < 1.29 is 9.21 Å². The smallest absolute Gasteiger partial charge is 0.203 e. The van der Waals surface area contributed by atoms with E-state index in [0.29, 0.717) is 18.2 Å². The van der Waals surface area contributed by atoms with Crippen molar-refractivity contribution in [3.63, 3.8) is 0 Å². The second-order valence-corrected chi connectivity index (χ2v) is 10.0. The number of pyridine rings is 2. The minimum absolute atomic E-state index is 0.00514. The molecule has 2 fully saturated rings. The van der Waals surface area contributed by atoms with Gasteiger partial charge in [0.1, 0.15) is 17.3 Å². The molecule has 182 valence electrons. The van der Waals surface area contributed by atoms with Gasteiger partial charge >= 0.3 is 0 Å². The number of carbonyl (C=O) groups excluding carboxylic acids is 1. The molecule has 1 saturated carbocycles. The predicted molar refractivity (Wildman–Crippen MR) is 138 cm³/mol. The predicted octanol–water partition coefficient (Wildman–Crippen LogP) is 5.47. The Hall–Kier alpha value is -3.25. The first-order valence-electron chi connectivity index (χ1n) is 12.6. The Morgan fingerprint density at radius 3 is 2.60 bits per heavy atom. The van der Waals surface area contributed by atoms with E-state index in [9.17, 15) is 4.79 Å². The van der Waals surface area contributed by atoms with E-state index >= 15 is 0 Å². The van der Waals surface area contributed by atoms with Crippen LogP contribution in [0.25, 0.3) is 0 Å². The van der Waals surface area contributed by atoms with Crippen LogP contribution in [-0.2, 0) is 6.54 Å². The normalized spacial score (nSPS) is 17.8. The molecule has 3 aromatic heterocycles. The third kappa shape index (κ3) is 5.08. The van der Waals surface area contributed by atoms with Crippen LogP contribution in [0.5, 0.6) is 0 Å². The number of aryl methyl sites for hydroxylation is 2. The van der Waals surface area contributed by atoms with Crippen LogP contribution in [0.3, 0.4) is 0 Å². The van der Waals surface area contributed by atoms with Crippen molar-refractivity contribution in [2.45, 2.75) is 57.5 Å². The van der Waals surface area contributed by atoms with E-state index in [2.05, 4.69) is 48.4 Å². The molecule has 5 rings (SSSR count). The second kappa shape index (κ2) is 9.78. The Bertz CT molecular complexity index is 1190. The first-order valence-corrected chi connectivity index (χ1v) is 12.6. The summed E-state index contributed by atoms with van der Waals surface area (Å²) < 4.78 is 5.74. The van der Waals surface area contributed by atoms with Gasteiger partial charge in [-0.25, -0.2) is 4.98 Å². The first kappa shape index (κ1) is 23.5. The van der Waals surface area contributed by atoms with Gasteiger partial charge in [0.2, 0.25) is 5.78 Å². The van der Waals surface area contributed by atoms with Gasteiger partial charge in [0, 0.05) is 23.9 Å². The van der Waals surface area contributed by atoms with Crippen molar-refractivity contribution in [1.29, 1.82) is 0 Å². The van der Waals surface area contributed by atoms with Crippen molar-refractivity contribution in [1.82, 2.24) is 14.9 Å². The van der Waals surface area contributed by atoms with E-state index in [0.717, 1.165) is 68.2 Å². The van der Waals surface area contributed by atoms with Gasteiger partial charge in [0.25, 0.3) is 0 Å². The Morgan fingerprint density at radius 2 is 1.94 bits per heavy atom. The molecule has 1 aliphatic heterocycles. The fourth-order valence-corrected chi connectivity index (χ4v) is 5.31. The third-order valence-electron chi connectivity index (χ3n) is 7.49. The number of likely N-dealkylation sites (tertiary alicyclic amines) is 1. The number of nitrogens with zero attached hydrogens (tertiary/aromatic N) is 4. The molecule has 0 aromatic carbocycles. The van der Waals surface area contributed by atoms with Gasteiger partial charge in [-0.05, 0) is 94.6 Å². The summed E-state index contributed by atoms with van der Waals surface area (Å²) >= 11 is 0.